The molecule has 1 amide bonds. The average Bonchev–Trinajstić information content (AvgIpc) is 2.51. The van der Waals surface area contributed by atoms with Crippen LogP contribution in [0.25, 0.3) is 0 Å². The van der Waals surface area contributed by atoms with Gasteiger partial charge in [-0.05, 0) is 43.7 Å². The minimum atomic E-state index is -0.0592. The zero-order valence-corrected chi connectivity index (χ0v) is 14.2. The number of hydrogen-bond acceptors (Lipinski definition) is 2. The van der Waals surface area contributed by atoms with Gasteiger partial charge in [0.15, 0.2) is 0 Å². The Morgan fingerprint density at radius 1 is 1.33 bits per heavy atom. The van der Waals surface area contributed by atoms with Crippen LogP contribution in [0.5, 0.6) is 5.75 Å². The largest absolute Gasteiger partial charge is 0.493 e. The van der Waals surface area contributed by atoms with Gasteiger partial charge in [-0.1, -0.05) is 41.1 Å². The zero-order chi connectivity index (χ0) is 15.1. The maximum atomic E-state index is 12.1. The monoisotopic (exact) mass is 353 g/mol. The lowest BCUT2D eigenvalue weighted by atomic mass is 9.78. The third-order valence-corrected chi connectivity index (χ3v) is 5.31. The second kappa shape index (κ2) is 7.83. The summed E-state index contributed by atoms with van der Waals surface area (Å²) < 4.78 is 5.58. The molecular formula is C17H24BrNO2. The summed E-state index contributed by atoms with van der Waals surface area (Å²) in [4.78, 5) is 12.1. The lowest BCUT2D eigenvalue weighted by Crippen LogP contribution is -2.52. The molecule has 21 heavy (non-hydrogen) atoms. The minimum Gasteiger partial charge on any atom is -0.493 e. The predicted octanol–water partition coefficient (Wildman–Crippen LogP) is 3.92. The Morgan fingerprint density at radius 2 is 2.00 bits per heavy atom. The van der Waals surface area contributed by atoms with Crippen molar-refractivity contribution in [1.29, 1.82) is 0 Å². The fourth-order valence-electron chi connectivity index (χ4n) is 2.74. The number of rotatable bonds is 6. The fourth-order valence-corrected chi connectivity index (χ4v) is 3.44. The molecule has 3 nitrogen and oxygen atoms in total. The quantitative estimate of drug-likeness (QED) is 0.787. The van der Waals surface area contributed by atoms with Crippen LogP contribution in [0.15, 0.2) is 30.3 Å². The van der Waals surface area contributed by atoms with Crippen LogP contribution in [0.2, 0.25) is 0 Å². The van der Waals surface area contributed by atoms with Crippen molar-refractivity contribution in [2.24, 2.45) is 5.92 Å². The molecule has 1 fully saturated rings. The van der Waals surface area contributed by atoms with Gasteiger partial charge in [-0.3, -0.25) is 4.79 Å². The van der Waals surface area contributed by atoms with Crippen LogP contribution in [0.3, 0.4) is 0 Å². The molecule has 0 atom stereocenters. The third kappa shape index (κ3) is 5.03. The molecule has 0 aliphatic heterocycles. The van der Waals surface area contributed by atoms with Crippen molar-refractivity contribution in [3.63, 3.8) is 0 Å². The number of carbonyl (C=O) groups excluding carboxylic acids is 1. The summed E-state index contributed by atoms with van der Waals surface area (Å²) in [6.45, 7) is 2.71. The Bertz CT molecular complexity index is 441. The zero-order valence-electron chi connectivity index (χ0n) is 12.6. The smallest absolute Gasteiger partial charge is 0.223 e. The van der Waals surface area contributed by atoms with Gasteiger partial charge >= 0.3 is 0 Å². The molecule has 2 rings (SSSR count). The van der Waals surface area contributed by atoms with E-state index in [-0.39, 0.29) is 11.4 Å². The van der Waals surface area contributed by atoms with Crippen LogP contribution in [0.1, 0.15) is 39.0 Å². The topological polar surface area (TPSA) is 38.3 Å². The first-order chi connectivity index (χ1) is 10.1. The highest BCUT2D eigenvalue weighted by molar-refractivity contribution is 9.09. The van der Waals surface area contributed by atoms with E-state index in [1.54, 1.807) is 0 Å². The van der Waals surface area contributed by atoms with E-state index in [9.17, 15) is 4.79 Å². The van der Waals surface area contributed by atoms with Gasteiger partial charge in [-0.25, -0.2) is 0 Å². The van der Waals surface area contributed by atoms with E-state index in [1.165, 1.54) is 12.8 Å². The molecule has 0 heterocycles. The van der Waals surface area contributed by atoms with E-state index in [1.807, 2.05) is 30.3 Å². The van der Waals surface area contributed by atoms with Gasteiger partial charge in [0.1, 0.15) is 5.75 Å². The minimum absolute atomic E-state index is 0.0592. The number of para-hydroxylation sites is 1. The molecule has 1 saturated carbocycles. The summed E-state index contributed by atoms with van der Waals surface area (Å²) >= 11 is 3.58. The molecule has 0 spiro atoms. The van der Waals surface area contributed by atoms with Crippen LogP contribution < -0.4 is 10.1 Å². The molecule has 1 N–H and O–H groups in total. The van der Waals surface area contributed by atoms with E-state index >= 15 is 0 Å². The molecule has 0 saturated heterocycles. The highest BCUT2D eigenvalue weighted by atomic mass is 79.9. The highest BCUT2D eigenvalue weighted by Gasteiger charge is 2.34. The van der Waals surface area contributed by atoms with E-state index in [0.29, 0.717) is 13.0 Å². The number of alkyl halides is 1. The number of halogens is 1. The molecule has 1 aliphatic carbocycles. The van der Waals surface area contributed by atoms with E-state index in [0.717, 1.165) is 29.8 Å². The van der Waals surface area contributed by atoms with Gasteiger partial charge < -0.3 is 10.1 Å². The number of nitrogens with one attached hydrogen (secondary N) is 1. The van der Waals surface area contributed by atoms with E-state index in [2.05, 4.69) is 28.2 Å². The normalized spacial score (nSPS) is 25.3. The first-order valence-electron chi connectivity index (χ1n) is 7.68. The number of hydrogen-bond donors (Lipinski definition) is 1. The fraction of sp³-hybridized carbons (Fsp3) is 0.588. The van der Waals surface area contributed by atoms with Gasteiger partial charge in [0.25, 0.3) is 0 Å². The molecule has 1 aliphatic rings. The maximum absolute atomic E-state index is 12.1. The van der Waals surface area contributed by atoms with E-state index in [4.69, 9.17) is 4.74 Å². The van der Waals surface area contributed by atoms with Crippen LogP contribution in [-0.2, 0) is 4.79 Å². The van der Waals surface area contributed by atoms with Crippen molar-refractivity contribution in [3.05, 3.63) is 30.3 Å². The summed E-state index contributed by atoms with van der Waals surface area (Å²) in [5.74, 6) is 1.67. The SMILES string of the molecule is CC1CCC(CBr)(NC(=O)CCOc2ccccc2)CC1. The number of ether oxygens (including phenoxy) is 1. The summed E-state index contributed by atoms with van der Waals surface area (Å²) in [5, 5.41) is 4.05. The third-order valence-electron chi connectivity index (χ3n) is 4.23. The highest BCUT2D eigenvalue weighted by Crippen LogP contribution is 2.33. The van der Waals surface area contributed by atoms with Crippen molar-refractivity contribution >= 4 is 21.8 Å². The van der Waals surface area contributed by atoms with Crippen molar-refractivity contribution in [3.8, 4) is 5.75 Å². The number of amides is 1. The lowest BCUT2D eigenvalue weighted by Gasteiger charge is -2.39. The van der Waals surface area contributed by atoms with Gasteiger partial charge in [0.2, 0.25) is 5.91 Å². The maximum Gasteiger partial charge on any atom is 0.223 e. The van der Waals surface area contributed by atoms with Crippen LogP contribution in [0, 0.1) is 5.92 Å². The van der Waals surface area contributed by atoms with Gasteiger partial charge in [0, 0.05) is 10.9 Å². The molecule has 0 bridgehead atoms. The van der Waals surface area contributed by atoms with Gasteiger partial charge in [0.05, 0.1) is 13.0 Å². The molecule has 0 aromatic heterocycles. The standard InChI is InChI=1S/C17H24BrNO2/c1-14-7-10-17(13-18,11-8-14)19-16(20)9-12-21-15-5-3-2-4-6-15/h2-6,14H,7-13H2,1H3,(H,19,20). The number of carbonyl (C=O) groups is 1. The summed E-state index contributed by atoms with van der Waals surface area (Å²) in [7, 11) is 0. The molecule has 0 unspecified atom stereocenters. The summed E-state index contributed by atoms with van der Waals surface area (Å²) in [6, 6.07) is 9.61. The Morgan fingerprint density at radius 3 is 2.62 bits per heavy atom. The number of benzene rings is 1. The second-order valence-electron chi connectivity index (χ2n) is 6.06. The van der Waals surface area contributed by atoms with Gasteiger partial charge in [-0.15, -0.1) is 0 Å². The lowest BCUT2D eigenvalue weighted by molar-refractivity contribution is -0.123. The molecule has 1 aromatic rings. The Kier molecular flexibility index (Phi) is 6.09. The van der Waals surface area contributed by atoms with E-state index < -0.39 is 0 Å². The first kappa shape index (κ1) is 16.3. The predicted molar refractivity (Wildman–Crippen MR) is 88.9 cm³/mol. The summed E-state index contributed by atoms with van der Waals surface area (Å²) in [5.41, 5.74) is -0.0592. The summed E-state index contributed by atoms with van der Waals surface area (Å²) in [6.07, 6.45) is 4.90. The van der Waals surface area contributed by atoms with Crippen molar-refractivity contribution in [2.45, 2.75) is 44.6 Å². The second-order valence-corrected chi connectivity index (χ2v) is 6.62. The van der Waals surface area contributed by atoms with Crippen LogP contribution >= 0.6 is 15.9 Å². The first-order valence-corrected chi connectivity index (χ1v) is 8.80. The molecule has 116 valence electrons. The Labute approximate surface area is 135 Å². The molecule has 1 aromatic carbocycles. The molecule has 0 radical (unpaired) electrons. The van der Waals surface area contributed by atoms with Gasteiger partial charge in [-0.2, -0.15) is 0 Å². The molecular weight excluding hydrogens is 330 g/mol. The Balaban J connectivity index is 1.75. The van der Waals surface area contributed by atoms with Crippen molar-refractivity contribution in [2.75, 3.05) is 11.9 Å². The van der Waals surface area contributed by atoms with Crippen molar-refractivity contribution in [1.82, 2.24) is 5.32 Å². The van der Waals surface area contributed by atoms with Crippen LogP contribution in [-0.4, -0.2) is 23.4 Å². The van der Waals surface area contributed by atoms with Crippen LogP contribution in [0.4, 0.5) is 0 Å². The average molecular weight is 354 g/mol. The Hall–Kier alpha value is -1.03. The molecule has 4 heteroatoms. The van der Waals surface area contributed by atoms with Crippen molar-refractivity contribution < 1.29 is 9.53 Å².